The number of likely N-dealkylation sites (tertiary alicyclic amines) is 1. The van der Waals surface area contributed by atoms with Gasteiger partial charge in [-0.05, 0) is 42.8 Å². The van der Waals surface area contributed by atoms with E-state index in [9.17, 15) is 37.1 Å². The highest BCUT2D eigenvalue weighted by Crippen LogP contribution is 2.39. The van der Waals surface area contributed by atoms with E-state index in [0.29, 0.717) is 51.3 Å². The number of nitrogens with one attached hydrogen (secondary N) is 2. The van der Waals surface area contributed by atoms with Gasteiger partial charge in [0.05, 0.1) is 81.2 Å². The fraction of sp³-hybridized carbons (Fsp3) is 0.455. The van der Waals surface area contributed by atoms with Crippen molar-refractivity contribution in [2.24, 2.45) is 5.41 Å². The van der Waals surface area contributed by atoms with Crippen molar-refractivity contribution in [3.8, 4) is 17.6 Å². The number of carbonyl (C=O) groups is 5. The van der Waals surface area contributed by atoms with Gasteiger partial charge in [0, 0.05) is 48.8 Å². The van der Waals surface area contributed by atoms with E-state index in [0.717, 1.165) is 11.0 Å². The van der Waals surface area contributed by atoms with Crippen LogP contribution in [0.1, 0.15) is 64.1 Å². The number of benzene rings is 3. The van der Waals surface area contributed by atoms with E-state index >= 15 is 4.39 Å². The van der Waals surface area contributed by atoms with E-state index in [2.05, 4.69) is 10.6 Å². The number of alkyl halides is 3. The molecule has 2 unspecified atom stereocenters. The maximum Gasteiger partial charge on any atom is 0.417 e. The van der Waals surface area contributed by atoms with Gasteiger partial charge in [-0.2, -0.15) is 18.4 Å². The third kappa shape index (κ3) is 11.5. The SMILES string of the molecule is CC1(C)CN(Cc2ccc(OCCOCCOCCOCCOCCNc3cccc4c3C(=O)N(C3CCC(=O)NC3=O)C4=O)cc2F)C(=O)C1Oc1ccc(C#N)c(C(F)(F)F)c1. The van der Waals surface area contributed by atoms with Gasteiger partial charge >= 0.3 is 6.18 Å². The van der Waals surface area contributed by atoms with Gasteiger partial charge in [0.1, 0.15) is 30.0 Å². The van der Waals surface area contributed by atoms with E-state index in [1.807, 2.05) is 0 Å². The van der Waals surface area contributed by atoms with Crippen LogP contribution in [0.5, 0.6) is 11.5 Å². The van der Waals surface area contributed by atoms with Crippen LogP contribution in [-0.2, 0) is 46.1 Å². The average molecular weight is 898 g/mol. The lowest BCUT2D eigenvalue weighted by Crippen LogP contribution is -2.54. The van der Waals surface area contributed by atoms with Gasteiger partial charge in [-0.1, -0.05) is 26.0 Å². The molecule has 0 bridgehead atoms. The van der Waals surface area contributed by atoms with Crippen LogP contribution in [0.2, 0.25) is 0 Å². The fourth-order valence-corrected chi connectivity index (χ4v) is 7.41. The van der Waals surface area contributed by atoms with E-state index in [1.54, 1.807) is 32.0 Å². The Labute approximate surface area is 365 Å². The zero-order valence-electron chi connectivity index (χ0n) is 35.1. The van der Waals surface area contributed by atoms with Gasteiger partial charge in [-0.3, -0.25) is 34.2 Å². The Balaban J connectivity index is 0.793. The molecule has 3 aromatic rings. The summed E-state index contributed by atoms with van der Waals surface area (Å²) in [5.41, 5.74) is -1.55. The third-order valence-corrected chi connectivity index (χ3v) is 10.5. The van der Waals surface area contributed by atoms with Crippen molar-refractivity contribution in [2.45, 2.75) is 51.6 Å². The number of amides is 5. The summed E-state index contributed by atoms with van der Waals surface area (Å²) in [7, 11) is 0. The van der Waals surface area contributed by atoms with Gasteiger partial charge in [-0.15, -0.1) is 0 Å². The molecule has 3 heterocycles. The van der Waals surface area contributed by atoms with E-state index in [4.69, 9.17) is 33.7 Å². The predicted octanol–water partition coefficient (Wildman–Crippen LogP) is 4.49. The summed E-state index contributed by atoms with van der Waals surface area (Å²) < 4.78 is 89.0. The van der Waals surface area contributed by atoms with Gasteiger partial charge in [0.2, 0.25) is 11.8 Å². The Morgan fingerprint density at radius 2 is 1.50 bits per heavy atom. The Hall–Kier alpha value is -6.14. The summed E-state index contributed by atoms with van der Waals surface area (Å²) in [5.74, 6) is -3.37. The van der Waals surface area contributed by atoms with Gasteiger partial charge in [0.25, 0.3) is 17.7 Å². The Morgan fingerprint density at radius 1 is 0.844 bits per heavy atom. The number of nitrogens with zero attached hydrogens (tertiary/aromatic N) is 3. The van der Waals surface area contributed by atoms with Crippen LogP contribution in [0.25, 0.3) is 0 Å². The summed E-state index contributed by atoms with van der Waals surface area (Å²) >= 11 is 0. The Kier molecular flexibility index (Phi) is 15.6. The third-order valence-electron chi connectivity index (χ3n) is 10.5. The number of anilines is 1. The highest BCUT2D eigenvalue weighted by atomic mass is 19.4. The lowest BCUT2D eigenvalue weighted by Gasteiger charge is -2.27. The fourth-order valence-electron chi connectivity index (χ4n) is 7.41. The first-order valence-electron chi connectivity index (χ1n) is 20.5. The zero-order chi connectivity index (χ0) is 46.0. The van der Waals surface area contributed by atoms with Crippen molar-refractivity contribution in [3.05, 3.63) is 88.2 Å². The molecule has 0 saturated carbocycles. The molecule has 0 aliphatic carbocycles. The molecule has 16 nitrogen and oxygen atoms in total. The molecule has 2 fully saturated rings. The number of ether oxygens (including phenoxy) is 6. The molecule has 2 saturated heterocycles. The number of nitriles is 1. The summed E-state index contributed by atoms with van der Waals surface area (Å²) in [6, 6.07) is 12.4. The molecule has 5 amide bonds. The summed E-state index contributed by atoms with van der Waals surface area (Å²) in [6.07, 6.45) is -5.82. The molecule has 342 valence electrons. The smallest absolute Gasteiger partial charge is 0.417 e. The van der Waals surface area contributed by atoms with Crippen molar-refractivity contribution >= 4 is 35.2 Å². The first-order valence-corrected chi connectivity index (χ1v) is 20.5. The lowest BCUT2D eigenvalue weighted by molar-refractivity contribution is -0.138. The summed E-state index contributed by atoms with van der Waals surface area (Å²) in [5, 5.41) is 14.4. The monoisotopic (exact) mass is 897 g/mol. The van der Waals surface area contributed by atoms with E-state index in [1.165, 1.54) is 35.2 Å². The molecule has 0 aromatic heterocycles. The topological polar surface area (TPSA) is 195 Å². The minimum Gasteiger partial charge on any atom is -0.491 e. The van der Waals surface area contributed by atoms with Gasteiger partial charge in [0.15, 0.2) is 6.10 Å². The van der Waals surface area contributed by atoms with Crippen LogP contribution in [0.15, 0.2) is 54.6 Å². The number of imide groups is 2. The molecule has 20 heteroatoms. The van der Waals surface area contributed by atoms with Crippen LogP contribution in [0.3, 0.4) is 0 Å². The van der Waals surface area contributed by atoms with Crippen LogP contribution >= 0.6 is 0 Å². The normalized spacial score (nSPS) is 18.3. The van der Waals surface area contributed by atoms with Crippen molar-refractivity contribution in [2.75, 3.05) is 77.9 Å². The molecule has 2 N–H and O–H groups in total. The summed E-state index contributed by atoms with van der Waals surface area (Å²) in [6.45, 7) is 6.33. The van der Waals surface area contributed by atoms with Crippen LogP contribution in [0.4, 0.5) is 23.2 Å². The number of hydrogen-bond donors (Lipinski definition) is 2. The second-order valence-electron chi connectivity index (χ2n) is 15.7. The molecule has 2 atom stereocenters. The Morgan fingerprint density at radius 3 is 2.14 bits per heavy atom. The van der Waals surface area contributed by atoms with Crippen molar-refractivity contribution in [1.29, 1.82) is 5.26 Å². The van der Waals surface area contributed by atoms with E-state index < -0.39 is 70.2 Å². The standard InChI is InChI=1S/C44H47F4N5O11/c1-43(2)26-52(42(58)38(43)64-30-9-6-27(24-49)32(22-30)44(46,47)48)25-28-7-8-29(23-33(28)45)63-21-20-62-19-18-61-17-16-60-15-14-59-13-12-50-34-5-3-4-31-37(34)41(57)53(40(31)56)35-10-11-36(54)51-39(35)55/h3-9,22-23,35,38,50H,10-21,25-26H2,1-2H3,(H,51,54,55). The van der Waals surface area contributed by atoms with Crippen molar-refractivity contribution in [3.63, 3.8) is 0 Å². The molecule has 0 radical (unpaired) electrons. The molecule has 6 rings (SSSR count). The predicted molar refractivity (Wildman–Crippen MR) is 217 cm³/mol. The molecular weight excluding hydrogens is 851 g/mol. The number of carbonyl (C=O) groups excluding carboxylic acids is 5. The molecule has 64 heavy (non-hydrogen) atoms. The number of fused-ring (bicyclic) bond motifs is 1. The highest BCUT2D eigenvalue weighted by Gasteiger charge is 2.49. The first kappa shape index (κ1) is 47.3. The number of rotatable bonds is 22. The second kappa shape index (κ2) is 21.0. The van der Waals surface area contributed by atoms with Crippen molar-refractivity contribution < 1.29 is 70.0 Å². The van der Waals surface area contributed by atoms with Crippen LogP contribution in [-0.4, -0.2) is 124 Å². The Bertz CT molecular complexity index is 2270. The number of halogens is 4. The zero-order valence-corrected chi connectivity index (χ0v) is 35.1. The largest absolute Gasteiger partial charge is 0.491 e. The first-order chi connectivity index (χ1) is 30.6. The van der Waals surface area contributed by atoms with Crippen LogP contribution in [0, 0.1) is 22.6 Å². The number of piperidine rings is 1. The molecule has 3 aliphatic rings. The second-order valence-corrected chi connectivity index (χ2v) is 15.7. The van der Waals surface area contributed by atoms with E-state index in [-0.39, 0.29) is 80.5 Å². The average Bonchev–Trinajstić information content (AvgIpc) is 3.63. The van der Waals surface area contributed by atoms with Crippen LogP contribution < -0.4 is 20.1 Å². The van der Waals surface area contributed by atoms with Gasteiger partial charge in [-0.25, -0.2) is 4.39 Å². The molecule has 3 aromatic carbocycles. The van der Waals surface area contributed by atoms with Gasteiger partial charge < -0.3 is 38.6 Å². The molecular formula is C44H47F4N5O11. The molecule has 3 aliphatic heterocycles. The maximum atomic E-state index is 15.1. The quantitative estimate of drug-likeness (QED) is 0.0815. The number of hydrogen-bond acceptors (Lipinski definition) is 13. The highest BCUT2D eigenvalue weighted by molar-refractivity contribution is 6.25. The maximum absolute atomic E-state index is 15.1. The molecule has 0 spiro atoms. The minimum atomic E-state index is -4.79. The van der Waals surface area contributed by atoms with Crippen molar-refractivity contribution in [1.82, 2.24) is 15.1 Å². The minimum absolute atomic E-state index is 0.0369. The lowest BCUT2D eigenvalue weighted by atomic mass is 9.89. The summed E-state index contributed by atoms with van der Waals surface area (Å²) in [4.78, 5) is 65.7.